The van der Waals surface area contributed by atoms with E-state index in [1.54, 1.807) is 6.92 Å². The van der Waals surface area contributed by atoms with Gasteiger partial charge in [0.1, 0.15) is 5.60 Å². The van der Waals surface area contributed by atoms with Gasteiger partial charge in [-0.1, -0.05) is 30.6 Å². The highest BCUT2D eigenvalue weighted by molar-refractivity contribution is 7.92. The molecule has 0 heterocycles. The van der Waals surface area contributed by atoms with Gasteiger partial charge in [-0.15, -0.1) is 5.92 Å². The standard InChI is InChI=1S/C28H33NO4S/c1-4-14-28(31)15-13-25-23-11-7-19-16-21(30)10-12-22(19)26(23)24(17-27(25,28)2)18-5-8-20(9-6-18)29-34(3,32)33/h5-6,8-9,16,23-25,29,31H,7,10-13,15,17H2,1-3H3/t23-,24+,25-,27-,28-/m0/s1. The molecule has 1 aromatic carbocycles. The fourth-order valence-corrected chi connectivity index (χ4v) is 7.94. The number of hydrogen-bond donors (Lipinski definition) is 2. The van der Waals surface area contributed by atoms with E-state index >= 15 is 0 Å². The van der Waals surface area contributed by atoms with Gasteiger partial charge in [0.15, 0.2) is 5.78 Å². The molecule has 0 bridgehead atoms. The first-order valence-electron chi connectivity index (χ1n) is 12.3. The number of ketones is 1. The maximum atomic E-state index is 12.2. The van der Waals surface area contributed by atoms with E-state index in [-0.39, 0.29) is 17.1 Å². The molecule has 0 unspecified atom stereocenters. The van der Waals surface area contributed by atoms with Gasteiger partial charge in [-0.25, -0.2) is 8.42 Å². The molecule has 6 heteroatoms. The van der Waals surface area contributed by atoms with Crippen molar-refractivity contribution in [1.82, 2.24) is 0 Å². The summed E-state index contributed by atoms with van der Waals surface area (Å²) in [6, 6.07) is 7.67. The third kappa shape index (κ3) is 3.74. The first-order chi connectivity index (χ1) is 16.0. The predicted octanol–water partition coefficient (Wildman–Crippen LogP) is 4.71. The van der Waals surface area contributed by atoms with Crippen molar-refractivity contribution in [3.63, 3.8) is 0 Å². The molecule has 4 aliphatic carbocycles. The minimum atomic E-state index is -3.35. The molecule has 1 aromatic rings. The van der Waals surface area contributed by atoms with Crippen LogP contribution in [0, 0.1) is 29.1 Å². The zero-order chi connectivity index (χ0) is 24.3. The van der Waals surface area contributed by atoms with E-state index in [9.17, 15) is 18.3 Å². The lowest BCUT2D eigenvalue weighted by Gasteiger charge is -2.53. The maximum absolute atomic E-state index is 12.2. The lowest BCUT2D eigenvalue weighted by molar-refractivity contribution is -0.114. The van der Waals surface area contributed by atoms with Crippen molar-refractivity contribution in [1.29, 1.82) is 0 Å². The van der Waals surface area contributed by atoms with Crippen LogP contribution in [0.1, 0.15) is 70.3 Å². The minimum absolute atomic E-state index is 0.105. The monoisotopic (exact) mass is 479 g/mol. The van der Waals surface area contributed by atoms with Crippen LogP contribution in [0.3, 0.4) is 0 Å². The second kappa shape index (κ2) is 8.10. The second-order valence-corrected chi connectivity index (χ2v) is 12.5. The fraction of sp³-hybridized carbons (Fsp3) is 0.536. The van der Waals surface area contributed by atoms with Gasteiger partial charge in [-0.2, -0.15) is 0 Å². The smallest absolute Gasteiger partial charge is 0.229 e. The van der Waals surface area contributed by atoms with Crippen LogP contribution < -0.4 is 4.72 Å². The molecule has 2 N–H and O–H groups in total. The molecule has 5 nitrogen and oxygen atoms in total. The predicted molar refractivity (Wildman–Crippen MR) is 134 cm³/mol. The zero-order valence-corrected chi connectivity index (χ0v) is 21.0. The Morgan fingerprint density at radius 1 is 1.12 bits per heavy atom. The summed E-state index contributed by atoms with van der Waals surface area (Å²) in [5.41, 5.74) is 4.35. The van der Waals surface area contributed by atoms with Gasteiger partial charge in [0, 0.05) is 23.4 Å². The second-order valence-electron chi connectivity index (χ2n) is 10.8. The van der Waals surface area contributed by atoms with Crippen molar-refractivity contribution in [2.24, 2.45) is 17.3 Å². The zero-order valence-electron chi connectivity index (χ0n) is 20.1. The number of sulfonamides is 1. The topological polar surface area (TPSA) is 83.5 Å². The van der Waals surface area contributed by atoms with Crippen molar-refractivity contribution >= 4 is 21.5 Å². The number of rotatable bonds is 3. The number of aliphatic hydroxyl groups is 1. The Labute approximate surface area is 202 Å². The quantitative estimate of drug-likeness (QED) is 0.615. The van der Waals surface area contributed by atoms with Crippen LogP contribution in [0.15, 0.2) is 47.1 Å². The normalized spacial score (nSPS) is 34.9. The first-order valence-corrected chi connectivity index (χ1v) is 14.1. The molecule has 2 saturated carbocycles. The molecular formula is C28H33NO4S. The molecule has 0 amide bonds. The van der Waals surface area contributed by atoms with Crippen LogP contribution in [0.25, 0.3) is 0 Å². The molecule has 0 radical (unpaired) electrons. The van der Waals surface area contributed by atoms with Crippen LogP contribution in [-0.2, 0) is 14.8 Å². The molecule has 0 spiro atoms. The summed E-state index contributed by atoms with van der Waals surface area (Å²) in [7, 11) is -3.35. The number of carbonyl (C=O) groups excluding carboxylic acids is 1. The summed E-state index contributed by atoms with van der Waals surface area (Å²) < 4.78 is 25.9. The van der Waals surface area contributed by atoms with Gasteiger partial charge < -0.3 is 5.11 Å². The molecule has 5 atom stereocenters. The Kier molecular flexibility index (Phi) is 5.57. The molecule has 0 aromatic heterocycles. The van der Waals surface area contributed by atoms with Gasteiger partial charge in [0.05, 0.1) is 6.26 Å². The van der Waals surface area contributed by atoms with Crippen LogP contribution >= 0.6 is 0 Å². The van der Waals surface area contributed by atoms with Crippen molar-refractivity contribution in [2.75, 3.05) is 11.0 Å². The van der Waals surface area contributed by atoms with Gasteiger partial charge in [-0.05, 0) is 92.2 Å². The van der Waals surface area contributed by atoms with Crippen molar-refractivity contribution < 1.29 is 18.3 Å². The molecular weight excluding hydrogens is 446 g/mol. The molecule has 34 heavy (non-hydrogen) atoms. The maximum Gasteiger partial charge on any atom is 0.229 e. The lowest BCUT2D eigenvalue weighted by Crippen LogP contribution is -2.51. The Bertz CT molecular complexity index is 1260. The SMILES string of the molecule is CC#C[C@]1(O)CC[C@H]2[C@@H]3CCC4=CC(=O)CCC4=C3[C@@H](c3ccc(NS(C)(=O)=O)cc3)C[C@@]21C. The minimum Gasteiger partial charge on any atom is -0.377 e. The Morgan fingerprint density at radius 3 is 2.53 bits per heavy atom. The molecule has 0 aliphatic heterocycles. The largest absolute Gasteiger partial charge is 0.377 e. The number of allylic oxidation sites excluding steroid dienone is 4. The van der Waals surface area contributed by atoms with Crippen molar-refractivity contribution in [3.05, 3.63) is 52.6 Å². The Morgan fingerprint density at radius 2 is 1.85 bits per heavy atom. The van der Waals surface area contributed by atoms with E-state index in [2.05, 4.69) is 23.5 Å². The van der Waals surface area contributed by atoms with E-state index in [1.807, 2.05) is 30.3 Å². The highest BCUT2D eigenvalue weighted by atomic mass is 32.2. The van der Waals surface area contributed by atoms with Gasteiger partial charge >= 0.3 is 0 Å². The number of carbonyl (C=O) groups is 1. The number of fused-ring (bicyclic) bond motifs is 4. The summed E-state index contributed by atoms with van der Waals surface area (Å²) in [5, 5.41) is 11.7. The highest BCUT2D eigenvalue weighted by Gasteiger charge is 2.62. The van der Waals surface area contributed by atoms with Gasteiger partial charge in [-0.3, -0.25) is 9.52 Å². The summed E-state index contributed by atoms with van der Waals surface area (Å²) in [6.45, 7) is 4.02. The van der Waals surface area contributed by atoms with Crippen LogP contribution in [-0.4, -0.2) is 31.2 Å². The highest BCUT2D eigenvalue weighted by Crippen LogP contribution is 2.66. The van der Waals surface area contributed by atoms with E-state index in [0.717, 1.165) is 43.9 Å². The third-order valence-electron chi connectivity index (χ3n) is 8.83. The number of anilines is 1. The number of nitrogens with one attached hydrogen (secondary N) is 1. The van der Waals surface area contributed by atoms with Crippen LogP contribution in [0.5, 0.6) is 0 Å². The van der Waals surface area contributed by atoms with Crippen molar-refractivity contribution in [2.45, 2.75) is 70.3 Å². The van der Waals surface area contributed by atoms with Gasteiger partial charge in [0.2, 0.25) is 10.0 Å². The van der Waals surface area contributed by atoms with E-state index in [4.69, 9.17) is 0 Å². The lowest BCUT2D eigenvalue weighted by atomic mass is 9.51. The van der Waals surface area contributed by atoms with Gasteiger partial charge in [0.25, 0.3) is 0 Å². The number of hydrogen-bond acceptors (Lipinski definition) is 4. The first kappa shape index (κ1) is 23.4. The molecule has 0 saturated heterocycles. The molecule has 5 rings (SSSR count). The third-order valence-corrected chi connectivity index (χ3v) is 9.44. The van der Waals surface area contributed by atoms with E-state index < -0.39 is 15.6 Å². The van der Waals surface area contributed by atoms with E-state index in [0.29, 0.717) is 30.4 Å². The summed E-state index contributed by atoms with van der Waals surface area (Å²) in [6.07, 6.45) is 8.73. The summed E-state index contributed by atoms with van der Waals surface area (Å²) in [4.78, 5) is 12.2. The Balaban J connectivity index is 1.64. The van der Waals surface area contributed by atoms with Crippen LogP contribution in [0.2, 0.25) is 0 Å². The average molecular weight is 480 g/mol. The Hall–Kier alpha value is -2.36. The fourth-order valence-electron chi connectivity index (χ4n) is 7.37. The van der Waals surface area contributed by atoms with Crippen molar-refractivity contribution in [3.8, 4) is 11.8 Å². The number of benzene rings is 1. The summed E-state index contributed by atoms with van der Waals surface area (Å²) in [5.74, 6) is 7.23. The molecule has 180 valence electrons. The summed E-state index contributed by atoms with van der Waals surface area (Å²) >= 11 is 0. The molecule has 4 aliphatic rings. The van der Waals surface area contributed by atoms with Crippen LogP contribution in [0.4, 0.5) is 5.69 Å². The van der Waals surface area contributed by atoms with E-state index in [1.165, 1.54) is 16.7 Å². The average Bonchev–Trinajstić information content (AvgIpc) is 3.03. The molecule has 2 fully saturated rings.